The van der Waals surface area contributed by atoms with Crippen LogP contribution < -0.4 is 0 Å². The van der Waals surface area contributed by atoms with Gasteiger partial charge in [-0.25, -0.2) is 0 Å². The number of allylic oxidation sites excluding steroid dienone is 1. The zero-order valence-electron chi connectivity index (χ0n) is 10.8. The highest BCUT2D eigenvalue weighted by molar-refractivity contribution is 5.74. The molecule has 0 bridgehead atoms. The highest BCUT2D eigenvalue weighted by Gasteiger charge is 2.17. The summed E-state index contributed by atoms with van der Waals surface area (Å²) >= 11 is 0. The van der Waals surface area contributed by atoms with E-state index in [4.69, 9.17) is 4.74 Å². The number of hydrogen-bond acceptors (Lipinski definition) is 2. The van der Waals surface area contributed by atoms with E-state index < -0.39 is 0 Å². The van der Waals surface area contributed by atoms with Gasteiger partial charge in [-0.15, -0.1) is 0 Å². The van der Waals surface area contributed by atoms with Crippen LogP contribution in [0, 0.1) is 11.8 Å². The molecule has 0 heterocycles. The number of carbonyl (C=O) groups is 1. The van der Waals surface area contributed by atoms with Gasteiger partial charge in [0.2, 0.25) is 0 Å². The average molecular weight is 224 g/mol. The Balaban J connectivity index is 2.25. The zero-order valence-corrected chi connectivity index (χ0v) is 10.8. The van der Waals surface area contributed by atoms with Crippen molar-refractivity contribution in [3.05, 3.63) is 11.6 Å². The molecule has 1 atom stereocenters. The van der Waals surface area contributed by atoms with Crippen molar-refractivity contribution in [1.29, 1.82) is 0 Å². The first-order valence-corrected chi connectivity index (χ1v) is 6.41. The van der Waals surface area contributed by atoms with Crippen LogP contribution in [-0.4, -0.2) is 12.6 Å². The van der Waals surface area contributed by atoms with Crippen LogP contribution in [0.3, 0.4) is 0 Å². The molecule has 0 aliphatic heterocycles. The van der Waals surface area contributed by atoms with Crippen molar-refractivity contribution in [2.24, 2.45) is 11.8 Å². The second-order valence-electron chi connectivity index (χ2n) is 5.17. The van der Waals surface area contributed by atoms with E-state index in [1.807, 2.05) is 26.8 Å². The van der Waals surface area contributed by atoms with Crippen LogP contribution in [0.4, 0.5) is 0 Å². The maximum Gasteiger partial charge on any atom is 0.312 e. The summed E-state index contributed by atoms with van der Waals surface area (Å²) in [6, 6.07) is 0. The number of esters is 1. The lowest BCUT2D eigenvalue weighted by Crippen LogP contribution is -2.20. The predicted octanol–water partition coefficient (Wildman–Crippen LogP) is 3.71. The van der Waals surface area contributed by atoms with Gasteiger partial charge in [-0.3, -0.25) is 4.79 Å². The minimum absolute atomic E-state index is 0.0771. The molecule has 1 saturated carbocycles. The van der Waals surface area contributed by atoms with Gasteiger partial charge in [0.1, 0.15) is 0 Å². The molecule has 1 fully saturated rings. The van der Waals surface area contributed by atoms with Gasteiger partial charge in [-0.05, 0) is 39.5 Å². The van der Waals surface area contributed by atoms with Crippen molar-refractivity contribution < 1.29 is 9.53 Å². The van der Waals surface area contributed by atoms with E-state index in [0.717, 1.165) is 0 Å². The molecule has 0 N–H and O–H groups in total. The highest BCUT2D eigenvalue weighted by atomic mass is 16.5. The van der Waals surface area contributed by atoms with Gasteiger partial charge in [0.15, 0.2) is 0 Å². The SMILES string of the molecule is CC(C)=C[C@H](C)C(=O)OCC1CCCCC1. The van der Waals surface area contributed by atoms with Crippen LogP contribution in [0.1, 0.15) is 52.9 Å². The molecule has 0 saturated heterocycles. The third-order valence-electron chi connectivity index (χ3n) is 3.14. The Hall–Kier alpha value is -0.790. The fourth-order valence-corrected chi connectivity index (χ4v) is 2.25. The Bertz CT molecular complexity index is 245. The van der Waals surface area contributed by atoms with Gasteiger partial charge in [0, 0.05) is 0 Å². The van der Waals surface area contributed by atoms with Gasteiger partial charge in [0.25, 0.3) is 0 Å². The second-order valence-corrected chi connectivity index (χ2v) is 5.17. The van der Waals surface area contributed by atoms with E-state index in [9.17, 15) is 4.79 Å². The maximum absolute atomic E-state index is 11.7. The van der Waals surface area contributed by atoms with E-state index >= 15 is 0 Å². The summed E-state index contributed by atoms with van der Waals surface area (Å²) in [5.41, 5.74) is 1.17. The predicted molar refractivity (Wildman–Crippen MR) is 66.1 cm³/mol. The molecule has 16 heavy (non-hydrogen) atoms. The van der Waals surface area contributed by atoms with Gasteiger partial charge in [0.05, 0.1) is 12.5 Å². The molecular weight excluding hydrogens is 200 g/mol. The normalized spacial score (nSPS) is 18.9. The van der Waals surface area contributed by atoms with Crippen LogP contribution in [0.15, 0.2) is 11.6 Å². The van der Waals surface area contributed by atoms with E-state index in [1.54, 1.807) is 0 Å². The minimum Gasteiger partial charge on any atom is -0.465 e. The van der Waals surface area contributed by atoms with Crippen molar-refractivity contribution in [3.63, 3.8) is 0 Å². The Labute approximate surface area is 99.1 Å². The largest absolute Gasteiger partial charge is 0.465 e. The van der Waals surface area contributed by atoms with Crippen molar-refractivity contribution in [3.8, 4) is 0 Å². The molecule has 1 aliphatic rings. The molecular formula is C14H24O2. The van der Waals surface area contributed by atoms with E-state index in [0.29, 0.717) is 12.5 Å². The summed E-state index contributed by atoms with van der Waals surface area (Å²) in [7, 11) is 0. The van der Waals surface area contributed by atoms with Crippen molar-refractivity contribution >= 4 is 5.97 Å². The third kappa shape index (κ3) is 4.82. The lowest BCUT2D eigenvalue weighted by Gasteiger charge is -2.21. The first-order valence-electron chi connectivity index (χ1n) is 6.41. The van der Waals surface area contributed by atoms with Gasteiger partial charge < -0.3 is 4.74 Å². The second kappa shape index (κ2) is 6.72. The summed E-state index contributed by atoms with van der Waals surface area (Å²) in [6.07, 6.45) is 8.36. The monoisotopic (exact) mass is 224 g/mol. The molecule has 0 spiro atoms. The summed E-state index contributed by atoms with van der Waals surface area (Å²) in [4.78, 5) is 11.7. The van der Waals surface area contributed by atoms with Crippen molar-refractivity contribution in [1.82, 2.24) is 0 Å². The van der Waals surface area contributed by atoms with E-state index in [-0.39, 0.29) is 11.9 Å². The van der Waals surface area contributed by atoms with Gasteiger partial charge in [-0.1, -0.05) is 30.9 Å². The molecule has 2 heteroatoms. The fourth-order valence-electron chi connectivity index (χ4n) is 2.25. The Kier molecular flexibility index (Phi) is 5.58. The van der Waals surface area contributed by atoms with Gasteiger partial charge in [-0.2, -0.15) is 0 Å². The molecule has 92 valence electrons. The van der Waals surface area contributed by atoms with Crippen LogP contribution in [-0.2, 0) is 9.53 Å². The highest BCUT2D eigenvalue weighted by Crippen LogP contribution is 2.24. The van der Waals surface area contributed by atoms with Crippen LogP contribution in [0.25, 0.3) is 0 Å². The molecule has 1 aliphatic carbocycles. The van der Waals surface area contributed by atoms with E-state index in [1.165, 1.54) is 37.7 Å². The number of rotatable bonds is 4. The number of carbonyl (C=O) groups excluding carboxylic acids is 1. The first-order chi connectivity index (χ1) is 7.59. The van der Waals surface area contributed by atoms with Crippen LogP contribution >= 0.6 is 0 Å². The Morgan fingerprint density at radius 1 is 1.31 bits per heavy atom. The summed E-state index contributed by atoms with van der Waals surface area (Å²) < 4.78 is 5.36. The number of ether oxygens (including phenoxy) is 1. The quantitative estimate of drug-likeness (QED) is 0.537. The maximum atomic E-state index is 11.7. The molecule has 0 aromatic heterocycles. The smallest absolute Gasteiger partial charge is 0.312 e. The van der Waals surface area contributed by atoms with Crippen LogP contribution in [0.5, 0.6) is 0 Å². The number of hydrogen-bond donors (Lipinski definition) is 0. The average Bonchev–Trinajstić information content (AvgIpc) is 2.26. The topological polar surface area (TPSA) is 26.3 Å². The van der Waals surface area contributed by atoms with Crippen molar-refractivity contribution in [2.45, 2.75) is 52.9 Å². The molecule has 0 amide bonds. The molecule has 0 radical (unpaired) electrons. The third-order valence-corrected chi connectivity index (χ3v) is 3.14. The molecule has 1 rings (SSSR count). The molecule has 0 aromatic carbocycles. The summed E-state index contributed by atoms with van der Waals surface area (Å²) in [5.74, 6) is 0.428. The van der Waals surface area contributed by atoms with Crippen LogP contribution in [0.2, 0.25) is 0 Å². The molecule has 0 aromatic rings. The lowest BCUT2D eigenvalue weighted by atomic mass is 9.90. The Morgan fingerprint density at radius 2 is 1.94 bits per heavy atom. The fraction of sp³-hybridized carbons (Fsp3) is 0.786. The van der Waals surface area contributed by atoms with Gasteiger partial charge >= 0.3 is 5.97 Å². The summed E-state index contributed by atoms with van der Waals surface area (Å²) in [6.45, 7) is 6.53. The first kappa shape index (κ1) is 13.3. The lowest BCUT2D eigenvalue weighted by molar-refractivity contribution is -0.148. The molecule has 0 unspecified atom stereocenters. The molecule has 2 nitrogen and oxygen atoms in total. The van der Waals surface area contributed by atoms with E-state index in [2.05, 4.69) is 0 Å². The minimum atomic E-state index is -0.103. The van der Waals surface area contributed by atoms with Crippen molar-refractivity contribution in [2.75, 3.05) is 6.61 Å². The Morgan fingerprint density at radius 3 is 2.50 bits per heavy atom. The summed E-state index contributed by atoms with van der Waals surface area (Å²) in [5, 5.41) is 0. The standard InChI is InChI=1S/C14H24O2/c1-11(2)9-12(3)14(15)16-10-13-7-5-4-6-8-13/h9,12-13H,4-8,10H2,1-3H3/t12-/m0/s1. The zero-order chi connectivity index (χ0) is 12.0.